The molecule has 35 heavy (non-hydrogen) atoms. The summed E-state index contributed by atoms with van der Waals surface area (Å²) in [6, 6.07) is 12.9. The molecule has 1 amide bonds. The number of hydrogen-bond donors (Lipinski definition) is 0. The summed E-state index contributed by atoms with van der Waals surface area (Å²) in [7, 11) is 4.80. The molecule has 9 heteroatoms. The third kappa shape index (κ3) is 5.96. The molecule has 0 atom stereocenters. The summed E-state index contributed by atoms with van der Waals surface area (Å²) in [4.78, 5) is 14.5. The van der Waals surface area contributed by atoms with E-state index in [2.05, 4.69) is 14.8 Å². The van der Waals surface area contributed by atoms with Crippen LogP contribution in [-0.4, -0.2) is 52.6 Å². The van der Waals surface area contributed by atoms with Crippen molar-refractivity contribution < 1.29 is 18.7 Å². The number of hydrogen-bond acceptors (Lipinski definition) is 6. The minimum atomic E-state index is -0.438. The number of carbonyl (C=O) groups excluding carboxylic acids is 1. The van der Waals surface area contributed by atoms with Crippen LogP contribution in [0.1, 0.15) is 43.7 Å². The summed E-state index contributed by atoms with van der Waals surface area (Å²) < 4.78 is 26.5. The van der Waals surface area contributed by atoms with E-state index in [1.165, 1.54) is 44.2 Å². The van der Waals surface area contributed by atoms with Gasteiger partial charge in [-0.1, -0.05) is 37.1 Å². The van der Waals surface area contributed by atoms with Crippen molar-refractivity contribution >= 4 is 17.7 Å². The van der Waals surface area contributed by atoms with Crippen LogP contribution < -0.4 is 9.47 Å². The molecule has 2 aromatic carbocycles. The lowest BCUT2D eigenvalue weighted by Crippen LogP contribution is -2.28. The highest BCUT2D eigenvalue weighted by Gasteiger charge is 2.25. The second-order valence-corrected chi connectivity index (χ2v) is 9.65. The molecule has 1 fully saturated rings. The third-order valence-electron chi connectivity index (χ3n) is 6.34. The summed E-state index contributed by atoms with van der Waals surface area (Å²) in [5.74, 6) is 1.52. The van der Waals surface area contributed by atoms with E-state index in [-0.39, 0.29) is 17.4 Å². The molecule has 1 aromatic heterocycles. The molecule has 4 rings (SSSR count). The number of rotatable bonds is 9. The molecule has 0 N–H and O–H groups in total. The van der Waals surface area contributed by atoms with Crippen molar-refractivity contribution in [3.63, 3.8) is 0 Å². The topological polar surface area (TPSA) is 69.5 Å². The van der Waals surface area contributed by atoms with Crippen LogP contribution in [0.2, 0.25) is 0 Å². The predicted octanol–water partition coefficient (Wildman–Crippen LogP) is 5.36. The zero-order valence-corrected chi connectivity index (χ0v) is 21.2. The fourth-order valence-electron chi connectivity index (χ4n) is 4.39. The van der Waals surface area contributed by atoms with E-state index < -0.39 is 5.82 Å². The molecule has 1 saturated carbocycles. The molecule has 0 spiro atoms. The maximum atomic E-state index is 14.0. The summed E-state index contributed by atoms with van der Waals surface area (Å²) >= 11 is 1.40. The number of amides is 1. The Bertz CT molecular complexity index is 1150. The van der Waals surface area contributed by atoms with Gasteiger partial charge in [0.1, 0.15) is 5.75 Å². The number of nitrogens with zero attached hydrogens (tertiary/aromatic N) is 4. The SMILES string of the molecule is COc1ccc(-c2nnc(SCC(=O)N(C)Cc3ccc(OC)c(F)c3)n2C2CCCCC2)cc1. The van der Waals surface area contributed by atoms with Crippen LogP contribution in [0.5, 0.6) is 11.5 Å². The summed E-state index contributed by atoms with van der Waals surface area (Å²) in [5, 5.41) is 9.72. The minimum absolute atomic E-state index is 0.0598. The Morgan fingerprint density at radius 3 is 2.49 bits per heavy atom. The first-order valence-corrected chi connectivity index (χ1v) is 12.8. The molecule has 1 aliphatic rings. The molecule has 0 unspecified atom stereocenters. The summed E-state index contributed by atoms with van der Waals surface area (Å²) in [6.45, 7) is 0.312. The molecule has 0 saturated heterocycles. The molecule has 0 aliphatic heterocycles. The number of aromatic nitrogens is 3. The van der Waals surface area contributed by atoms with Crippen molar-refractivity contribution in [1.29, 1.82) is 0 Å². The van der Waals surface area contributed by atoms with Crippen LogP contribution in [-0.2, 0) is 11.3 Å². The zero-order chi connectivity index (χ0) is 24.8. The molecule has 3 aromatic rings. The molecular formula is C26H31FN4O3S. The Morgan fingerprint density at radius 1 is 1.09 bits per heavy atom. The first-order valence-electron chi connectivity index (χ1n) is 11.8. The maximum absolute atomic E-state index is 14.0. The number of methoxy groups -OCH3 is 2. The maximum Gasteiger partial charge on any atom is 0.233 e. The molecule has 1 heterocycles. The van der Waals surface area contributed by atoms with Crippen molar-refractivity contribution in [2.24, 2.45) is 0 Å². The highest BCUT2D eigenvalue weighted by Crippen LogP contribution is 2.36. The van der Waals surface area contributed by atoms with E-state index in [9.17, 15) is 9.18 Å². The fraction of sp³-hybridized carbons (Fsp3) is 0.423. The minimum Gasteiger partial charge on any atom is -0.497 e. The Balaban J connectivity index is 1.48. The standard InChI is InChI=1S/C26H31FN4O3S/c1-30(16-18-9-14-23(34-3)22(27)15-18)24(32)17-35-26-29-28-25(19-10-12-21(33-2)13-11-19)31(26)20-7-5-4-6-8-20/h9-15,20H,4-8,16-17H2,1-3H3. The second kappa shape index (κ2) is 11.6. The number of thioether (sulfide) groups is 1. The lowest BCUT2D eigenvalue weighted by Gasteiger charge is -2.26. The van der Waals surface area contributed by atoms with Crippen LogP contribution >= 0.6 is 11.8 Å². The van der Waals surface area contributed by atoms with E-state index in [0.29, 0.717) is 18.2 Å². The summed E-state index contributed by atoms with van der Waals surface area (Å²) in [6.07, 6.45) is 5.75. The third-order valence-corrected chi connectivity index (χ3v) is 7.27. The van der Waals surface area contributed by atoms with Crippen molar-refractivity contribution in [2.45, 2.75) is 49.8 Å². The number of halogens is 1. The summed E-state index contributed by atoms with van der Waals surface area (Å²) in [5.41, 5.74) is 1.68. The van der Waals surface area contributed by atoms with Gasteiger partial charge >= 0.3 is 0 Å². The zero-order valence-electron chi connectivity index (χ0n) is 20.4. The number of carbonyl (C=O) groups is 1. The van der Waals surface area contributed by atoms with Gasteiger partial charge in [-0.15, -0.1) is 10.2 Å². The number of benzene rings is 2. The monoisotopic (exact) mass is 498 g/mol. The molecule has 7 nitrogen and oxygen atoms in total. The van der Waals surface area contributed by atoms with Crippen molar-refractivity contribution in [1.82, 2.24) is 19.7 Å². The van der Waals surface area contributed by atoms with Gasteiger partial charge < -0.3 is 14.4 Å². The van der Waals surface area contributed by atoms with Gasteiger partial charge in [-0.05, 0) is 54.8 Å². The van der Waals surface area contributed by atoms with Crippen LogP contribution in [0.25, 0.3) is 11.4 Å². The Hall–Kier alpha value is -3.07. The van der Waals surface area contributed by atoms with Gasteiger partial charge in [-0.2, -0.15) is 0 Å². The van der Waals surface area contributed by atoms with Gasteiger partial charge in [-0.25, -0.2) is 4.39 Å². The Labute approximate surface area is 209 Å². The van der Waals surface area contributed by atoms with E-state index in [1.54, 1.807) is 31.2 Å². The Morgan fingerprint density at radius 2 is 1.83 bits per heavy atom. The molecule has 186 valence electrons. The van der Waals surface area contributed by atoms with Gasteiger partial charge in [-0.3, -0.25) is 9.36 Å². The van der Waals surface area contributed by atoms with Gasteiger partial charge in [0, 0.05) is 25.2 Å². The lowest BCUT2D eigenvalue weighted by molar-refractivity contribution is -0.127. The average Bonchev–Trinajstić information content (AvgIpc) is 3.32. The molecule has 1 aliphatic carbocycles. The predicted molar refractivity (Wildman–Crippen MR) is 134 cm³/mol. The van der Waals surface area contributed by atoms with Gasteiger partial charge in [0.15, 0.2) is 22.5 Å². The quantitative estimate of drug-likeness (QED) is 0.370. The smallest absolute Gasteiger partial charge is 0.233 e. The van der Waals surface area contributed by atoms with E-state index in [0.717, 1.165) is 35.1 Å². The second-order valence-electron chi connectivity index (χ2n) is 8.70. The van der Waals surface area contributed by atoms with E-state index in [1.807, 2.05) is 24.3 Å². The van der Waals surface area contributed by atoms with E-state index in [4.69, 9.17) is 9.47 Å². The average molecular weight is 499 g/mol. The Kier molecular flexibility index (Phi) is 8.28. The van der Waals surface area contributed by atoms with E-state index >= 15 is 0 Å². The lowest BCUT2D eigenvalue weighted by atomic mass is 9.95. The van der Waals surface area contributed by atoms with Gasteiger partial charge in [0.25, 0.3) is 0 Å². The first kappa shape index (κ1) is 25.0. The highest BCUT2D eigenvalue weighted by atomic mass is 32.2. The van der Waals surface area contributed by atoms with Crippen LogP contribution in [0, 0.1) is 5.82 Å². The molecular weight excluding hydrogens is 467 g/mol. The molecule has 0 bridgehead atoms. The fourth-order valence-corrected chi connectivity index (χ4v) is 5.33. The van der Waals surface area contributed by atoms with Crippen LogP contribution in [0.4, 0.5) is 4.39 Å². The van der Waals surface area contributed by atoms with Crippen molar-refractivity contribution in [3.8, 4) is 22.9 Å². The van der Waals surface area contributed by atoms with Crippen LogP contribution in [0.3, 0.4) is 0 Å². The molecule has 0 radical (unpaired) electrons. The first-order chi connectivity index (χ1) is 17.0. The van der Waals surface area contributed by atoms with Crippen molar-refractivity contribution in [3.05, 3.63) is 53.8 Å². The van der Waals surface area contributed by atoms with Crippen LogP contribution in [0.15, 0.2) is 47.6 Å². The van der Waals surface area contributed by atoms with Gasteiger partial charge in [0.05, 0.1) is 20.0 Å². The normalized spacial score (nSPS) is 14.1. The largest absolute Gasteiger partial charge is 0.497 e. The van der Waals surface area contributed by atoms with Gasteiger partial charge in [0.2, 0.25) is 5.91 Å². The number of ether oxygens (including phenoxy) is 2. The van der Waals surface area contributed by atoms with Crippen molar-refractivity contribution in [2.75, 3.05) is 27.0 Å². The highest BCUT2D eigenvalue weighted by molar-refractivity contribution is 7.99.